The maximum absolute atomic E-state index is 9.61. The van der Waals surface area contributed by atoms with Crippen molar-refractivity contribution in [3.63, 3.8) is 0 Å². The number of nitrogen functional groups attached to an aromatic ring is 1. The van der Waals surface area contributed by atoms with E-state index >= 15 is 0 Å². The topological polar surface area (TPSA) is 62.7 Å². The summed E-state index contributed by atoms with van der Waals surface area (Å²) in [4.78, 5) is 4.55. The number of hydrogen-bond donors (Lipinski definition) is 1. The Morgan fingerprint density at radius 1 is 1.22 bits per heavy atom. The monoisotopic (exact) mass is 371 g/mol. The van der Waals surface area contributed by atoms with Crippen LogP contribution in [0.15, 0.2) is 28.7 Å². The van der Waals surface area contributed by atoms with Crippen LogP contribution in [0.25, 0.3) is 11.1 Å². The van der Waals surface area contributed by atoms with Crippen molar-refractivity contribution in [2.24, 2.45) is 0 Å². The molecule has 0 radical (unpaired) electrons. The molecule has 2 N–H and O–H groups in total. The number of aromatic nitrogens is 1. The van der Waals surface area contributed by atoms with Gasteiger partial charge in [0.15, 0.2) is 0 Å². The molecule has 120 valence electrons. The highest BCUT2D eigenvalue weighted by Crippen LogP contribution is 2.34. The number of anilines is 1. The van der Waals surface area contributed by atoms with Gasteiger partial charge in [0.2, 0.25) is 0 Å². The lowest BCUT2D eigenvalue weighted by molar-refractivity contribution is 0.760. The molecule has 0 saturated carbocycles. The van der Waals surface area contributed by atoms with Crippen molar-refractivity contribution in [1.29, 1.82) is 5.26 Å². The second-order valence-electron chi connectivity index (χ2n) is 5.65. The highest BCUT2D eigenvalue weighted by molar-refractivity contribution is 9.10. The maximum atomic E-state index is 9.61. The first-order chi connectivity index (χ1) is 11.1. The quantitative estimate of drug-likeness (QED) is 0.752. The van der Waals surface area contributed by atoms with Gasteiger partial charge in [0, 0.05) is 15.7 Å². The fourth-order valence-electron chi connectivity index (χ4n) is 2.84. The molecule has 1 heterocycles. The molecular weight excluding hydrogens is 350 g/mol. The van der Waals surface area contributed by atoms with Crippen LogP contribution in [0.2, 0.25) is 0 Å². The largest absolute Gasteiger partial charge is 0.383 e. The van der Waals surface area contributed by atoms with E-state index < -0.39 is 0 Å². The average molecular weight is 372 g/mol. The first-order valence-electron chi connectivity index (χ1n) is 8.09. The molecular formula is C19H22BrN3. The van der Waals surface area contributed by atoms with E-state index in [9.17, 15) is 5.26 Å². The molecule has 0 spiro atoms. The van der Waals surface area contributed by atoms with Gasteiger partial charge in [-0.3, -0.25) is 0 Å². The van der Waals surface area contributed by atoms with Crippen LogP contribution in [0.1, 0.15) is 49.9 Å². The number of hydrogen-bond acceptors (Lipinski definition) is 3. The standard InChI is InChI=1S/C19H22BrN3/c1-3-5-10-17-15(7-4-2)18(16(12-21)19(22)23-17)13-8-6-9-14(20)11-13/h6,8-9,11H,3-5,7,10H2,1-2H3,(H2,22,23). The number of unbranched alkanes of at least 4 members (excludes halogenated alkanes) is 1. The van der Waals surface area contributed by atoms with E-state index in [0.29, 0.717) is 11.4 Å². The van der Waals surface area contributed by atoms with Gasteiger partial charge in [-0.15, -0.1) is 0 Å². The smallest absolute Gasteiger partial charge is 0.142 e. The van der Waals surface area contributed by atoms with Crippen molar-refractivity contribution in [3.05, 3.63) is 45.6 Å². The fraction of sp³-hybridized carbons (Fsp3) is 0.368. The Bertz CT molecular complexity index is 732. The minimum absolute atomic E-state index is 0.341. The lowest BCUT2D eigenvalue weighted by Gasteiger charge is -2.17. The summed E-state index contributed by atoms with van der Waals surface area (Å²) in [5, 5.41) is 9.61. The lowest BCUT2D eigenvalue weighted by Crippen LogP contribution is -2.08. The average Bonchev–Trinajstić information content (AvgIpc) is 2.54. The molecule has 0 amide bonds. The molecule has 4 heteroatoms. The summed E-state index contributed by atoms with van der Waals surface area (Å²) in [5.74, 6) is 0.341. The Morgan fingerprint density at radius 3 is 2.61 bits per heavy atom. The van der Waals surface area contributed by atoms with Crippen LogP contribution < -0.4 is 5.73 Å². The van der Waals surface area contributed by atoms with Crippen molar-refractivity contribution in [2.45, 2.75) is 46.0 Å². The number of aryl methyl sites for hydroxylation is 1. The molecule has 0 bridgehead atoms. The molecule has 1 aromatic carbocycles. The summed E-state index contributed by atoms with van der Waals surface area (Å²) in [7, 11) is 0. The zero-order valence-electron chi connectivity index (χ0n) is 13.7. The highest BCUT2D eigenvalue weighted by atomic mass is 79.9. The SMILES string of the molecule is CCCCc1nc(N)c(C#N)c(-c2cccc(Br)c2)c1CCC. The number of halogens is 1. The van der Waals surface area contributed by atoms with Gasteiger partial charge in [0.05, 0.1) is 0 Å². The fourth-order valence-corrected chi connectivity index (χ4v) is 3.24. The molecule has 23 heavy (non-hydrogen) atoms. The lowest BCUT2D eigenvalue weighted by atomic mass is 9.90. The van der Waals surface area contributed by atoms with Gasteiger partial charge in [-0.2, -0.15) is 5.26 Å². The normalized spacial score (nSPS) is 10.5. The summed E-state index contributed by atoms with van der Waals surface area (Å²) in [6.45, 7) is 4.32. The van der Waals surface area contributed by atoms with Crippen molar-refractivity contribution in [3.8, 4) is 17.2 Å². The summed E-state index contributed by atoms with van der Waals surface area (Å²) in [6, 6.07) is 10.3. The number of pyridine rings is 1. The molecule has 0 aliphatic rings. The van der Waals surface area contributed by atoms with E-state index in [1.807, 2.05) is 24.3 Å². The van der Waals surface area contributed by atoms with Crippen LogP contribution in [0.3, 0.4) is 0 Å². The minimum atomic E-state index is 0.341. The van der Waals surface area contributed by atoms with Gasteiger partial charge < -0.3 is 5.73 Å². The number of rotatable bonds is 6. The third-order valence-electron chi connectivity index (χ3n) is 3.90. The Morgan fingerprint density at radius 2 is 2.00 bits per heavy atom. The maximum Gasteiger partial charge on any atom is 0.142 e. The van der Waals surface area contributed by atoms with Crippen molar-refractivity contribution in [1.82, 2.24) is 4.98 Å². The predicted molar refractivity (Wildman–Crippen MR) is 99.1 cm³/mol. The highest BCUT2D eigenvalue weighted by Gasteiger charge is 2.19. The van der Waals surface area contributed by atoms with Crippen LogP contribution >= 0.6 is 15.9 Å². The van der Waals surface area contributed by atoms with E-state index in [-0.39, 0.29) is 0 Å². The third kappa shape index (κ3) is 3.92. The number of nitrogens with zero attached hydrogens (tertiary/aromatic N) is 2. The van der Waals surface area contributed by atoms with Crippen LogP contribution in [0.5, 0.6) is 0 Å². The second-order valence-corrected chi connectivity index (χ2v) is 6.56. The van der Waals surface area contributed by atoms with Crippen molar-refractivity contribution < 1.29 is 0 Å². The van der Waals surface area contributed by atoms with Gasteiger partial charge in [-0.25, -0.2) is 4.98 Å². The molecule has 0 saturated heterocycles. The van der Waals surface area contributed by atoms with E-state index in [1.54, 1.807) is 0 Å². The van der Waals surface area contributed by atoms with Gasteiger partial charge in [-0.05, 0) is 42.5 Å². The second kappa shape index (κ2) is 8.12. The third-order valence-corrected chi connectivity index (χ3v) is 4.40. The molecule has 2 rings (SSSR count). The zero-order chi connectivity index (χ0) is 16.8. The van der Waals surface area contributed by atoms with E-state index in [4.69, 9.17) is 5.73 Å². The summed E-state index contributed by atoms with van der Waals surface area (Å²) in [6.07, 6.45) is 5.01. The molecule has 0 fully saturated rings. The Labute approximate surface area is 146 Å². The van der Waals surface area contributed by atoms with E-state index in [1.165, 1.54) is 5.56 Å². The first-order valence-corrected chi connectivity index (χ1v) is 8.88. The molecule has 0 aliphatic heterocycles. The molecule has 2 aromatic rings. The number of nitrogens with two attached hydrogens (primary N) is 1. The van der Waals surface area contributed by atoms with Crippen LogP contribution in [0.4, 0.5) is 5.82 Å². The molecule has 1 aromatic heterocycles. The van der Waals surface area contributed by atoms with Crippen molar-refractivity contribution in [2.75, 3.05) is 5.73 Å². The molecule has 0 unspecified atom stereocenters. The predicted octanol–water partition coefficient (Wildman–Crippen LogP) is 5.26. The minimum Gasteiger partial charge on any atom is -0.383 e. The van der Waals surface area contributed by atoms with Crippen LogP contribution in [-0.4, -0.2) is 4.98 Å². The number of nitriles is 1. The Kier molecular flexibility index (Phi) is 6.18. The van der Waals surface area contributed by atoms with Gasteiger partial charge in [-0.1, -0.05) is 54.8 Å². The summed E-state index contributed by atoms with van der Waals surface area (Å²) < 4.78 is 0.992. The Hall–Kier alpha value is -1.86. The van der Waals surface area contributed by atoms with E-state index in [0.717, 1.165) is 53.4 Å². The zero-order valence-corrected chi connectivity index (χ0v) is 15.3. The molecule has 0 atom stereocenters. The van der Waals surface area contributed by atoms with Gasteiger partial charge >= 0.3 is 0 Å². The molecule has 0 aliphatic carbocycles. The number of benzene rings is 1. The van der Waals surface area contributed by atoms with Crippen LogP contribution in [-0.2, 0) is 12.8 Å². The van der Waals surface area contributed by atoms with E-state index in [2.05, 4.69) is 40.8 Å². The van der Waals surface area contributed by atoms with Crippen LogP contribution in [0, 0.1) is 11.3 Å². The van der Waals surface area contributed by atoms with Gasteiger partial charge in [0.25, 0.3) is 0 Å². The first kappa shape index (κ1) is 17.5. The molecule has 3 nitrogen and oxygen atoms in total. The summed E-state index contributed by atoms with van der Waals surface area (Å²) >= 11 is 3.52. The summed E-state index contributed by atoms with van der Waals surface area (Å²) in [5.41, 5.74) is 10.8. The van der Waals surface area contributed by atoms with Crippen molar-refractivity contribution >= 4 is 21.7 Å². The van der Waals surface area contributed by atoms with Gasteiger partial charge in [0.1, 0.15) is 17.5 Å². The Balaban J connectivity index is 2.74.